The second-order valence-corrected chi connectivity index (χ2v) is 4.14. The fraction of sp³-hybridized carbons (Fsp3) is 0.700. The van der Waals surface area contributed by atoms with E-state index in [2.05, 4.69) is 26.0 Å². The quantitative estimate of drug-likeness (QED) is 0.528. The number of carbonyl (C=O) groups excluding carboxylic acids is 1. The molecule has 1 rings (SSSR count). The SMILES string of the molecule is CC(=O)C1CC=CC(C)(C)C1. The summed E-state index contributed by atoms with van der Waals surface area (Å²) in [5.41, 5.74) is 0.231. The molecule has 0 aliphatic heterocycles. The zero-order valence-corrected chi connectivity index (χ0v) is 7.55. The van der Waals surface area contributed by atoms with Gasteiger partial charge in [0, 0.05) is 5.92 Å². The van der Waals surface area contributed by atoms with Gasteiger partial charge in [-0.15, -0.1) is 0 Å². The predicted octanol–water partition coefficient (Wildman–Crippen LogP) is 2.57. The van der Waals surface area contributed by atoms with Crippen molar-refractivity contribution in [1.82, 2.24) is 0 Å². The largest absolute Gasteiger partial charge is 0.300 e. The Hall–Kier alpha value is -0.590. The molecular formula is C10H16O. The topological polar surface area (TPSA) is 17.1 Å². The van der Waals surface area contributed by atoms with Gasteiger partial charge in [-0.1, -0.05) is 26.0 Å². The van der Waals surface area contributed by atoms with E-state index in [0.29, 0.717) is 5.78 Å². The molecule has 0 aromatic carbocycles. The molecule has 0 N–H and O–H groups in total. The van der Waals surface area contributed by atoms with E-state index < -0.39 is 0 Å². The molecule has 0 bridgehead atoms. The van der Waals surface area contributed by atoms with Crippen LogP contribution in [-0.2, 0) is 4.79 Å². The molecule has 62 valence electrons. The summed E-state index contributed by atoms with van der Waals surface area (Å²) in [6.45, 7) is 6.05. The van der Waals surface area contributed by atoms with Gasteiger partial charge in [0.05, 0.1) is 0 Å². The Morgan fingerprint density at radius 1 is 1.55 bits per heavy atom. The molecule has 0 amide bonds. The highest BCUT2D eigenvalue weighted by Crippen LogP contribution is 2.33. The van der Waals surface area contributed by atoms with Crippen LogP contribution in [0.3, 0.4) is 0 Å². The monoisotopic (exact) mass is 152 g/mol. The van der Waals surface area contributed by atoms with Crippen LogP contribution in [0.25, 0.3) is 0 Å². The third kappa shape index (κ3) is 2.18. The Morgan fingerprint density at radius 3 is 2.55 bits per heavy atom. The Labute approximate surface area is 68.5 Å². The van der Waals surface area contributed by atoms with Gasteiger partial charge < -0.3 is 0 Å². The summed E-state index contributed by atoms with van der Waals surface area (Å²) in [6.07, 6.45) is 6.31. The van der Waals surface area contributed by atoms with Crippen molar-refractivity contribution in [2.45, 2.75) is 33.6 Å². The Bertz CT molecular complexity index is 189. The lowest BCUT2D eigenvalue weighted by molar-refractivity contribution is -0.121. The number of ketones is 1. The maximum absolute atomic E-state index is 11.1. The Kier molecular flexibility index (Phi) is 2.17. The van der Waals surface area contributed by atoms with E-state index >= 15 is 0 Å². The minimum Gasteiger partial charge on any atom is -0.300 e. The summed E-state index contributed by atoms with van der Waals surface area (Å²) >= 11 is 0. The van der Waals surface area contributed by atoms with Crippen LogP contribution in [0, 0.1) is 11.3 Å². The van der Waals surface area contributed by atoms with Gasteiger partial charge in [-0.05, 0) is 25.2 Å². The van der Waals surface area contributed by atoms with Crippen LogP contribution >= 0.6 is 0 Å². The van der Waals surface area contributed by atoms with E-state index in [9.17, 15) is 4.79 Å². The predicted molar refractivity (Wildman–Crippen MR) is 46.3 cm³/mol. The van der Waals surface area contributed by atoms with Crippen LogP contribution in [-0.4, -0.2) is 5.78 Å². The van der Waals surface area contributed by atoms with Crippen molar-refractivity contribution in [3.05, 3.63) is 12.2 Å². The lowest BCUT2D eigenvalue weighted by atomic mass is 9.76. The van der Waals surface area contributed by atoms with Gasteiger partial charge in [0.25, 0.3) is 0 Å². The molecule has 0 radical (unpaired) electrons. The fourth-order valence-corrected chi connectivity index (χ4v) is 1.65. The van der Waals surface area contributed by atoms with E-state index in [1.165, 1.54) is 0 Å². The first kappa shape index (κ1) is 8.51. The standard InChI is InChI=1S/C10H16O/c1-8(11)9-5-4-6-10(2,3)7-9/h4,6,9H,5,7H2,1-3H3. The van der Waals surface area contributed by atoms with Gasteiger partial charge in [-0.25, -0.2) is 0 Å². The van der Waals surface area contributed by atoms with Crippen LogP contribution in [0.2, 0.25) is 0 Å². The molecule has 0 aromatic rings. The van der Waals surface area contributed by atoms with E-state index in [4.69, 9.17) is 0 Å². The van der Waals surface area contributed by atoms with E-state index in [1.54, 1.807) is 6.92 Å². The van der Waals surface area contributed by atoms with Crippen molar-refractivity contribution < 1.29 is 4.79 Å². The number of hydrogen-bond acceptors (Lipinski definition) is 1. The molecule has 1 unspecified atom stereocenters. The van der Waals surface area contributed by atoms with Crippen LogP contribution in [0.1, 0.15) is 33.6 Å². The Morgan fingerprint density at radius 2 is 2.18 bits per heavy atom. The van der Waals surface area contributed by atoms with Crippen molar-refractivity contribution in [2.24, 2.45) is 11.3 Å². The van der Waals surface area contributed by atoms with Crippen molar-refractivity contribution >= 4 is 5.78 Å². The van der Waals surface area contributed by atoms with Gasteiger partial charge >= 0.3 is 0 Å². The van der Waals surface area contributed by atoms with Crippen molar-refractivity contribution in [3.63, 3.8) is 0 Å². The van der Waals surface area contributed by atoms with Crippen LogP contribution in [0.4, 0.5) is 0 Å². The number of hydrogen-bond donors (Lipinski definition) is 0. The van der Waals surface area contributed by atoms with Crippen molar-refractivity contribution in [3.8, 4) is 0 Å². The third-order valence-electron chi connectivity index (χ3n) is 2.34. The molecule has 1 heteroatoms. The summed E-state index contributed by atoms with van der Waals surface area (Å²) in [5, 5.41) is 0. The number of carbonyl (C=O) groups is 1. The molecule has 11 heavy (non-hydrogen) atoms. The van der Waals surface area contributed by atoms with Gasteiger partial charge in [0.1, 0.15) is 5.78 Å². The van der Waals surface area contributed by atoms with E-state index in [0.717, 1.165) is 12.8 Å². The first-order valence-electron chi connectivity index (χ1n) is 4.19. The Balaban J connectivity index is 2.66. The van der Waals surface area contributed by atoms with Gasteiger partial charge in [0.15, 0.2) is 0 Å². The average molecular weight is 152 g/mol. The van der Waals surface area contributed by atoms with E-state index in [1.807, 2.05) is 0 Å². The first-order valence-corrected chi connectivity index (χ1v) is 4.19. The second kappa shape index (κ2) is 2.80. The van der Waals surface area contributed by atoms with Gasteiger partial charge in [0.2, 0.25) is 0 Å². The van der Waals surface area contributed by atoms with Crippen LogP contribution in [0.15, 0.2) is 12.2 Å². The first-order chi connectivity index (χ1) is 5.01. The summed E-state index contributed by atoms with van der Waals surface area (Å²) < 4.78 is 0. The summed E-state index contributed by atoms with van der Waals surface area (Å²) in [5.74, 6) is 0.609. The second-order valence-electron chi connectivity index (χ2n) is 4.14. The highest BCUT2D eigenvalue weighted by molar-refractivity contribution is 5.78. The molecule has 0 fully saturated rings. The highest BCUT2D eigenvalue weighted by atomic mass is 16.1. The lowest BCUT2D eigenvalue weighted by Gasteiger charge is -2.28. The summed E-state index contributed by atoms with van der Waals surface area (Å²) in [7, 11) is 0. The normalized spacial score (nSPS) is 28.5. The number of Topliss-reactive ketones (excluding diaryl/α,β-unsaturated/α-hetero) is 1. The zero-order valence-electron chi connectivity index (χ0n) is 7.55. The summed E-state index contributed by atoms with van der Waals surface area (Å²) in [4.78, 5) is 11.1. The average Bonchev–Trinajstić information content (AvgIpc) is 1.85. The van der Waals surface area contributed by atoms with E-state index in [-0.39, 0.29) is 11.3 Å². The smallest absolute Gasteiger partial charge is 0.133 e. The molecule has 0 saturated heterocycles. The molecule has 0 saturated carbocycles. The molecule has 0 spiro atoms. The minimum absolute atomic E-state index is 0.231. The third-order valence-corrected chi connectivity index (χ3v) is 2.34. The fourth-order valence-electron chi connectivity index (χ4n) is 1.65. The highest BCUT2D eigenvalue weighted by Gasteiger charge is 2.26. The van der Waals surface area contributed by atoms with Crippen LogP contribution < -0.4 is 0 Å². The van der Waals surface area contributed by atoms with Crippen molar-refractivity contribution in [2.75, 3.05) is 0 Å². The molecular weight excluding hydrogens is 136 g/mol. The van der Waals surface area contributed by atoms with Gasteiger partial charge in [-0.3, -0.25) is 4.79 Å². The van der Waals surface area contributed by atoms with Crippen LogP contribution in [0.5, 0.6) is 0 Å². The van der Waals surface area contributed by atoms with Gasteiger partial charge in [-0.2, -0.15) is 0 Å². The molecule has 1 aliphatic rings. The minimum atomic E-state index is 0.231. The molecule has 0 aromatic heterocycles. The lowest BCUT2D eigenvalue weighted by Crippen LogP contribution is -2.22. The zero-order chi connectivity index (χ0) is 8.48. The maximum atomic E-state index is 11.1. The molecule has 1 nitrogen and oxygen atoms in total. The van der Waals surface area contributed by atoms with Crippen molar-refractivity contribution in [1.29, 1.82) is 0 Å². The summed E-state index contributed by atoms with van der Waals surface area (Å²) in [6, 6.07) is 0. The number of allylic oxidation sites excluding steroid dienone is 2. The molecule has 1 atom stereocenters. The molecule has 1 aliphatic carbocycles. The number of rotatable bonds is 1. The molecule has 0 heterocycles. The maximum Gasteiger partial charge on any atom is 0.133 e.